The minimum absolute atomic E-state index is 0.207. The first kappa shape index (κ1) is 23.2. The number of piperidine rings is 1. The van der Waals surface area contributed by atoms with E-state index >= 15 is 0 Å². The van der Waals surface area contributed by atoms with Crippen LogP contribution in [-0.2, 0) is 9.47 Å². The Morgan fingerprint density at radius 1 is 1.21 bits per heavy atom. The Kier molecular flexibility index (Phi) is 6.98. The molecule has 0 amide bonds. The molecule has 1 aromatic carbocycles. The van der Waals surface area contributed by atoms with Gasteiger partial charge in [-0.25, -0.2) is 14.5 Å². The maximum atomic E-state index is 12.8. The van der Waals surface area contributed by atoms with Crippen molar-refractivity contribution in [3.8, 4) is 5.69 Å². The fourth-order valence-electron chi connectivity index (χ4n) is 4.60. The zero-order chi connectivity index (χ0) is 23.5. The molecule has 4 rings (SSSR count). The summed E-state index contributed by atoms with van der Waals surface area (Å²) >= 11 is 0. The molecule has 33 heavy (non-hydrogen) atoms. The second-order valence-corrected chi connectivity index (χ2v) is 9.12. The maximum Gasteiger partial charge on any atom is 0.357 e. The van der Waals surface area contributed by atoms with Crippen LogP contribution in [-0.4, -0.2) is 54.1 Å². The number of hydrogen-bond acceptors (Lipinski definition) is 6. The zero-order valence-electron chi connectivity index (χ0n) is 20.3. The number of esters is 1. The van der Waals surface area contributed by atoms with Gasteiger partial charge in [-0.15, -0.1) is 0 Å². The van der Waals surface area contributed by atoms with Gasteiger partial charge in [0.25, 0.3) is 0 Å². The van der Waals surface area contributed by atoms with Crippen LogP contribution in [0.5, 0.6) is 0 Å². The van der Waals surface area contributed by atoms with Crippen LogP contribution in [0.4, 0.5) is 5.69 Å². The molecule has 2 aromatic heterocycles. The molecule has 0 unspecified atom stereocenters. The number of nitrogens with zero attached hydrogens (tertiary/aromatic N) is 4. The van der Waals surface area contributed by atoms with Crippen molar-refractivity contribution in [1.82, 2.24) is 14.8 Å². The molecule has 3 heterocycles. The van der Waals surface area contributed by atoms with Gasteiger partial charge in [-0.2, -0.15) is 5.10 Å². The van der Waals surface area contributed by atoms with Crippen molar-refractivity contribution in [1.29, 1.82) is 0 Å². The highest BCUT2D eigenvalue weighted by atomic mass is 16.5. The van der Waals surface area contributed by atoms with Gasteiger partial charge in [0.15, 0.2) is 11.3 Å². The Balaban J connectivity index is 1.90. The van der Waals surface area contributed by atoms with Gasteiger partial charge in [-0.05, 0) is 62.3 Å². The number of benzene rings is 1. The number of rotatable bonds is 7. The van der Waals surface area contributed by atoms with Crippen molar-refractivity contribution in [3.63, 3.8) is 0 Å². The molecule has 0 bridgehead atoms. The predicted octanol–water partition coefficient (Wildman–Crippen LogP) is 4.89. The lowest BCUT2D eigenvalue weighted by Crippen LogP contribution is -2.35. The van der Waals surface area contributed by atoms with Crippen LogP contribution in [0, 0.1) is 12.8 Å². The van der Waals surface area contributed by atoms with E-state index < -0.39 is 5.97 Å². The van der Waals surface area contributed by atoms with E-state index in [1.807, 2.05) is 29.8 Å². The summed E-state index contributed by atoms with van der Waals surface area (Å²) in [5, 5.41) is 6.02. The van der Waals surface area contributed by atoms with Gasteiger partial charge in [0, 0.05) is 26.8 Å². The molecule has 1 aliphatic heterocycles. The quantitative estimate of drug-likeness (QED) is 0.477. The number of methoxy groups -OCH3 is 1. The van der Waals surface area contributed by atoms with Gasteiger partial charge in [0.05, 0.1) is 29.1 Å². The summed E-state index contributed by atoms with van der Waals surface area (Å²) in [6, 6.07) is 10.1. The van der Waals surface area contributed by atoms with E-state index in [0.717, 1.165) is 60.6 Å². The van der Waals surface area contributed by atoms with Crippen LogP contribution >= 0.6 is 0 Å². The molecule has 7 heteroatoms. The summed E-state index contributed by atoms with van der Waals surface area (Å²) in [6.07, 6.45) is 2.10. The number of fused-ring (bicyclic) bond motifs is 1. The number of aryl methyl sites for hydroxylation is 1. The van der Waals surface area contributed by atoms with Gasteiger partial charge in [-0.1, -0.05) is 26.0 Å². The third-order valence-corrected chi connectivity index (χ3v) is 6.28. The molecule has 0 radical (unpaired) electrons. The first-order chi connectivity index (χ1) is 15.9. The van der Waals surface area contributed by atoms with Crippen LogP contribution in [0.2, 0.25) is 0 Å². The van der Waals surface area contributed by atoms with Crippen LogP contribution in [0.15, 0.2) is 30.3 Å². The van der Waals surface area contributed by atoms with Crippen LogP contribution in [0.3, 0.4) is 0 Å². The predicted molar refractivity (Wildman–Crippen MR) is 130 cm³/mol. The van der Waals surface area contributed by atoms with Crippen LogP contribution in [0.1, 0.15) is 61.3 Å². The lowest BCUT2D eigenvalue weighted by Gasteiger charge is -2.34. The van der Waals surface area contributed by atoms with Gasteiger partial charge in [0.2, 0.25) is 0 Å². The van der Waals surface area contributed by atoms with Crippen LogP contribution < -0.4 is 4.90 Å². The van der Waals surface area contributed by atoms with Gasteiger partial charge < -0.3 is 14.4 Å². The van der Waals surface area contributed by atoms with E-state index in [9.17, 15) is 4.79 Å². The summed E-state index contributed by atoms with van der Waals surface area (Å²) in [7, 11) is 1.76. The highest BCUT2D eigenvalue weighted by Gasteiger charge is 2.27. The number of aromatic nitrogens is 3. The molecule has 176 valence electrons. The average Bonchev–Trinajstić information content (AvgIpc) is 3.19. The Morgan fingerprint density at radius 3 is 2.61 bits per heavy atom. The second-order valence-electron chi connectivity index (χ2n) is 9.12. The number of pyridine rings is 1. The van der Waals surface area contributed by atoms with Crippen molar-refractivity contribution >= 4 is 22.7 Å². The van der Waals surface area contributed by atoms with E-state index in [1.165, 1.54) is 0 Å². The summed E-state index contributed by atoms with van der Waals surface area (Å²) in [4.78, 5) is 19.9. The van der Waals surface area contributed by atoms with Crippen molar-refractivity contribution in [2.45, 2.75) is 46.5 Å². The molecule has 1 saturated heterocycles. The van der Waals surface area contributed by atoms with Gasteiger partial charge >= 0.3 is 5.97 Å². The van der Waals surface area contributed by atoms with Crippen molar-refractivity contribution in [2.75, 3.05) is 38.3 Å². The molecule has 3 aromatic rings. The fraction of sp³-hybridized carbons (Fsp3) is 0.500. The smallest absolute Gasteiger partial charge is 0.357 e. The van der Waals surface area contributed by atoms with E-state index in [-0.39, 0.29) is 5.92 Å². The highest BCUT2D eigenvalue weighted by molar-refractivity contribution is 5.99. The number of carbonyl (C=O) groups excluding carboxylic acids is 1. The summed E-state index contributed by atoms with van der Waals surface area (Å²) in [5.41, 5.74) is 5.10. The summed E-state index contributed by atoms with van der Waals surface area (Å²) < 4.78 is 12.6. The number of anilines is 1. The van der Waals surface area contributed by atoms with Gasteiger partial charge in [0.1, 0.15) is 0 Å². The lowest BCUT2D eigenvalue weighted by atomic mass is 9.96. The minimum Gasteiger partial charge on any atom is -0.461 e. The topological polar surface area (TPSA) is 69.5 Å². The zero-order valence-corrected chi connectivity index (χ0v) is 20.3. The second kappa shape index (κ2) is 9.91. The standard InChI is InChI=1S/C26H34N4O3/c1-6-33-26(31)21-15-22(29-12-10-19(11-13-29)16-32-5)23-24(17(2)3)28-30(25(23)27-21)20-9-7-8-18(4)14-20/h7-9,14-15,17,19H,6,10-13,16H2,1-5H3. The Morgan fingerprint density at radius 2 is 1.97 bits per heavy atom. The van der Waals surface area contributed by atoms with Gasteiger partial charge in [-0.3, -0.25) is 0 Å². The van der Waals surface area contributed by atoms with Crippen molar-refractivity contribution in [3.05, 3.63) is 47.3 Å². The Labute approximate surface area is 195 Å². The largest absolute Gasteiger partial charge is 0.461 e. The van der Waals surface area contributed by atoms with E-state index in [4.69, 9.17) is 19.6 Å². The highest BCUT2D eigenvalue weighted by Crippen LogP contribution is 2.36. The molecular formula is C26H34N4O3. The third kappa shape index (κ3) is 4.74. The normalized spacial score (nSPS) is 14.9. The molecule has 0 spiro atoms. The number of carbonyl (C=O) groups is 1. The summed E-state index contributed by atoms with van der Waals surface area (Å²) in [6.45, 7) is 11.1. The SMILES string of the molecule is CCOC(=O)c1cc(N2CCC(COC)CC2)c2c(C(C)C)nn(-c3cccc(C)c3)c2n1. The molecular weight excluding hydrogens is 416 g/mol. The molecule has 0 saturated carbocycles. The number of ether oxygens (including phenoxy) is 2. The Bertz CT molecular complexity index is 1130. The van der Waals surface area contributed by atoms with E-state index in [1.54, 1.807) is 7.11 Å². The molecule has 7 nitrogen and oxygen atoms in total. The lowest BCUT2D eigenvalue weighted by molar-refractivity contribution is 0.0520. The van der Waals surface area contributed by atoms with Crippen molar-refractivity contribution < 1.29 is 14.3 Å². The minimum atomic E-state index is -0.405. The summed E-state index contributed by atoms with van der Waals surface area (Å²) in [5.74, 6) is 0.365. The van der Waals surface area contributed by atoms with Crippen molar-refractivity contribution in [2.24, 2.45) is 5.92 Å². The monoisotopic (exact) mass is 450 g/mol. The molecule has 0 N–H and O–H groups in total. The maximum absolute atomic E-state index is 12.8. The van der Waals surface area contributed by atoms with Crippen LogP contribution in [0.25, 0.3) is 16.7 Å². The molecule has 0 aliphatic carbocycles. The average molecular weight is 451 g/mol. The molecule has 0 atom stereocenters. The van der Waals surface area contributed by atoms with E-state index in [0.29, 0.717) is 23.9 Å². The van der Waals surface area contributed by atoms with E-state index in [2.05, 4.69) is 37.8 Å². The third-order valence-electron chi connectivity index (χ3n) is 6.28. The first-order valence-electron chi connectivity index (χ1n) is 11.8. The fourth-order valence-corrected chi connectivity index (χ4v) is 4.60. The first-order valence-corrected chi connectivity index (χ1v) is 11.8. The number of hydrogen-bond donors (Lipinski definition) is 0. The molecule has 1 fully saturated rings. The molecule has 1 aliphatic rings. The Hall–Kier alpha value is -2.93.